The molecule has 12 aliphatic heterocycles. The highest BCUT2D eigenvalue weighted by molar-refractivity contribution is 6.31. The fraction of sp³-hybridized carbons (Fsp3) is 0.610. The monoisotopic (exact) mass is 1410 g/mol. The minimum Gasteiger partial charge on any atom is -0.493 e. The molecule has 23 heteroatoms. The van der Waals surface area contributed by atoms with Crippen LogP contribution in [0.1, 0.15) is 194 Å². The quantitative estimate of drug-likeness (QED) is 0.0988. The molecule has 5 N–H and O–H groups in total. The van der Waals surface area contributed by atoms with Gasteiger partial charge in [0.2, 0.25) is 0 Å². The molecule has 540 valence electrons. The molecule has 0 unspecified atom stereocenters. The van der Waals surface area contributed by atoms with Gasteiger partial charge in [0, 0.05) is 151 Å². The molecule has 0 aromatic carbocycles. The van der Waals surface area contributed by atoms with Crippen molar-refractivity contribution in [3.63, 3.8) is 0 Å². The summed E-state index contributed by atoms with van der Waals surface area (Å²) in [5.74, 6) is 3.36. The van der Waals surface area contributed by atoms with Crippen LogP contribution in [-0.2, 0) is 19.3 Å². The van der Waals surface area contributed by atoms with Crippen LogP contribution < -0.4 is 45.5 Å². The van der Waals surface area contributed by atoms with E-state index in [9.17, 15) is 0 Å². The number of anilines is 5. The molecule has 6 aromatic heterocycles. The van der Waals surface area contributed by atoms with Crippen LogP contribution in [0.4, 0.5) is 28.4 Å². The zero-order valence-corrected chi connectivity index (χ0v) is 62.2. The van der Waals surface area contributed by atoms with E-state index in [2.05, 4.69) is 147 Å². The summed E-state index contributed by atoms with van der Waals surface area (Å²) in [6, 6.07) is 3.02. The van der Waals surface area contributed by atoms with Crippen molar-refractivity contribution in [3.05, 3.63) is 121 Å². The van der Waals surface area contributed by atoms with Crippen molar-refractivity contribution in [2.75, 3.05) is 167 Å². The summed E-state index contributed by atoms with van der Waals surface area (Å²) in [5, 5.41) is 18.4. The van der Waals surface area contributed by atoms with Crippen LogP contribution >= 0.6 is 23.2 Å². The predicted molar refractivity (Wildman–Crippen MR) is 402 cm³/mol. The van der Waals surface area contributed by atoms with E-state index >= 15 is 0 Å². The molecule has 100 heavy (non-hydrogen) atoms. The zero-order chi connectivity index (χ0) is 69.2. The second kappa shape index (κ2) is 33.7. The largest absolute Gasteiger partial charge is 0.493 e. The number of fused-ring (bicyclic) bond motifs is 6. The Kier molecular flexibility index (Phi) is 24.2. The second-order valence-corrected chi connectivity index (χ2v) is 29.9. The molecule has 0 spiro atoms. The maximum Gasteiger partial charge on any atom is 0.199 e. The van der Waals surface area contributed by atoms with Crippen LogP contribution in [0.3, 0.4) is 0 Å². The molecule has 0 saturated carbocycles. The van der Waals surface area contributed by atoms with E-state index in [0.29, 0.717) is 65.5 Å². The first kappa shape index (κ1) is 71.8. The number of aromatic nitrogens is 6. The molecule has 12 aliphatic rings. The maximum atomic E-state index is 6.15. The Morgan fingerprint density at radius 2 is 0.750 bits per heavy atom. The lowest BCUT2D eigenvalue weighted by Crippen LogP contribution is -2.25. The van der Waals surface area contributed by atoms with E-state index < -0.39 is 0 Å². The number of hydrogen-bond donors (Lipinski definition) is 5. The van der Waals surface area contributed by atoms with Crippen LogP contribution in [0.25, 0.3) is 0 Å². The SMILES string of the molecule is CN1CCC[C@H]1c1cnc(Cl)c2c1OCCC2.CN1CCC[C@H]1c1cnc(Cl)c2c1OCCO2.CN1CCC[C@H]1c1cncc2c1CCCN2.CN1CCC[C@H]1c1cncc2c1NCCN2.Cc1ncc([C@@H]2CCCN2C)c2c1CCCN2.Cc1ncc([C@@H]2CCCN2C)c2c1OCCN2. The molecule has 6 saturated heterocycles. The summed E-state index contributed by atoms with van der Waals surface area (Å²) in [4.78, 5) is 40.8. The number of likely N-dealkylation sites (tertiary alicyclic amines) is 6. The van der Waals surface area contributed by atoms with Crippen LogP contribution in [0.5, 0.6) is 23.0 Å². The second-order valence-electron chi connectivity index (χ2n) is 29.2. The van der Waals surface area contributed by atoms with Crippen molar-refractivity contribution in [1.82, 2.24) is 59.3 Å². The van der Waals surface area contributed by atoms with Gasteiger partial charge in [-0.15, -0.1) is 0 Å². The van der Waals surface area contributed by atoms with E-state index in [1.54, 1.807) is 0 Å². The lowest BCUT2D eigenvalue weighted by atomic mass is 9.94. The van der Waals surface area contributed by atoms with Gasteiger partial charge in [-0.25, -0.2) is 9.97 Å². The molecule has 18 heterocycles. The van der Waals surface area contributed by atoms with Crippen LogP contribution in [0, 0.1) is 13.8 Å². The number of ether oxygens (including phenoxy) is 4. The molecular formula is C77H109Cl2N17O4. The van der Waals surface area contributed by atoms with Gasteiger partial charge >= 0.3 is 0 Å². The minimum atomic E-state index is 0.371. The summed E-state index contributed by atoms with van der Waals surface area (Å²) in [6.07, 6.45) is 37.7. The van der Waals surface area contributed by atoms with Gasteiger partial charge in [-0.3, -0.25) is 49.3 Å². The summed E-state index contributed by atoms with van der Waals surface area (Å²) in [6.45, 7) is 19.0. The van der Waals surface area contributed by atoms with Crippen molar-refractivity contribution in [2.45, 2.75) is 166 Å². The van der Waals surface area contributed by atoms with Crippen molar-refractivity contribution >= 4 is 51.6 Å². The smallest absolute Gasteiger partial charge is 0.199 e. The first-order valence-corrected chi connectivity index (χ1v) is 38.3. The summed E-state index contributed by atoms with van der Waals surface area (Å²) in [5.41, 5.74) is 20.4. The minimum absolute atomic E-state index is 0.371. The van der Waals surface area contributed by atoms with Crippen molar-refractivity contribution in [2.24, 2.45) is 0 Å². The van der Waals surface area contributed by atoms with E-state index in [-0.39, 0.29) is 0 Å². The number of halogens is 2. The normalized spacial score (nSPS) is 24.5. The molecule has 6 aromatic rings. The van der Waals surface area contributed by atoms with Crippen molar-refractivity contribution < 1.29 is 18.9 Å². The third-order valence-electron chi connectivity index (χ3n) is 22.7. The first-order valence-electron chi connectivity index (χ1n) is 37.5. The molecule has 18 rings (SSSR count). The van der Waals surface area contributed by atoms with E-state index in [1.807, 2.05) is 44.1 Å². The topological polar surface area (TPSA) is 194 Å². The highest BCUT2D eigenvalue weighted by Gasteiger charge is 2.35. The molecule has 6 fully saturated rings. The van der Waals surface area contributed by atoms with Gasteiger partial charge in [0.1, 0.15) is 30.7 Å². The van der Waals surface area contributed by atoms with Gasteiger partial charge in [-0.2, -0.15) is 0 Å². The average molecular weight is 1410 g/mol. The molecule has 21 nitrogen and oxygen atoms in total. The highest BCUT2D eigenvalue weighted by atomic mass is 35.5. The Morgan fingerprint density at radius 1 is 0.330 bits per heavy atom. The summed E-state index contributed by atoms with van der Waals surface area (Å²) < 4.78 is 22.9. The first-order chi connectivity index (χ1) is 48.8. The number of aryl methyl sites for hydroxylation is 2. The number of rotatable bonds is 6. The van der Waals surface area contributed by atoms with Gasteiger partial charge in [-0.1, -0.05) is 23.2 Å². The number of nitrogens with one attached hydrogen (secondary N) is 5. The molecule has 0 aliphatic carbocycles. The third-order valence-corrected chi connectivity index (χ3v) is 23.3. The van der Waals surface area contributed by atoms with E-state index in [1.165, 1.54) is 190 Å². The number of pyridine rings is 6. The van der Waals surface area contributed by atoms with Gasteiger partial charge in [-0.05, 0) is 228 Å². The Labute approximate surface area is 604 Å². The Morgan fingerprint density at radius 3 is 1.35 bits per heavy atom. The standard InChI is InChI=1S/C14H21N3.C13H17ClN2O.C13H19N3O.C13H19N3.C12H15ClN2O2.C12H18N4/c1-10-11-5-3-7-15-14(11)12(9-16-10)13-6-4-8-17(13)2;1-16-6-2-5-11(16)10-8-15-13(14)9-4-3-7-17-12(9)10;1-9-13-12(14-5-7-17-13)10(8-15-9)11-4-3-6-16(11)2;1-16-7-3-5-13(16)11-8-14-9-12-10(11)4-2-6-15-12;1-15-4-2-3-9(15)8-7-14-12(13)11-10(8)16-5-6-17-11;1-16-6-2-3-11(16)9-7-13-8-10-12(9)15-5-4-14-10/h9,13,15H,3-8H2,1-2H3;8,11H,2-7H2,1H3;8,11,14H,3-7H2,1-2H3;8-9,13,15H,2-7H2,1H3;7,9H,2-6H2,1H3;7-8,11,14-15H,2-6H2,1H3/t13-;2*11-;13-;9-;11-/m000000/s1. The van der Waals surface area contributed by atoms with Gasteiger partial charge < -0.3 is 45.5 Å². The molecule has 0 bridgehead atoms. The molecular weight excluding hydrogens is 1300 g/mol. The Hall–Kier alpha value is -6.56. The van der Waals surface area contributed by atoms with E-state index in [4.69, 9.17) is 42.1 Å². The van der Waals surface area contributed by atoms with Crippen molar-refractivity contribution in [1.29, 1.82) is 0 Å². The maximum absolute atomic E-state index is 6.15. The number of hydrogen-bond acceptors (Lipinski definition) is 21. The lowest BCUT2D eigenvalue weighted by Gasteiger charge is -2.27. The summed E-state index contributed by atoms with van der Waals surface area (Å²) >= 11 is 12.2. The summed E-state index contributed by atoms with van der Waals surface area (Å²) in [7, 11) is 13.1. The fourth-order valence-corrected chi connectivity index (χ4v) is 17.7. The van der Waals surface area contributed by atoms with Crippen molar-refractivity contribution in [3.8, 4) is 23.0 Å². The van der Waals surface area contributed by atoms with Gasteiger partial charge in [0.05, 0.1) is 47.4 Å². The Bertz CT molecular complexity index is 3350. The third kappa shape index (κ3) is 16.1. The van der Waals surface area contributed by atoms with Crippen LogP contribution in [0.2, 0.25) is 10.3 Å². The van der Waals surface area contributed by atoms with E-state index in [0.717, 1.165) is 118 Å². The van der Waals surface area contributed by atoms with Crippen LogP contribution in [0.15, 0.2) is 49.6 Å². The fourth-order valence-electron chi connectivity index (χ4n) is 17.3. The lowest BCUT2D eigenvalue weighted by molar-refractivity contribution is 0.165. The highest BCUT2D eigenvalue weighted by Crippen LogP contribution is 2.47. The molecule has 6 atom stereocenters. The van der Waals surface area contributed by atoms with Gasteiger partial charge in [0.15, 0.2) is 22.4 Å². The molecule has 0 amide bonds. The van der Waals surface area contributed by atoms with Gasteiger partial charge in [0.25, 0.3) is 0 Å². The number of nitrogens with zero attached hydrogens (tertiary/aromatic N) is 12. The molecule has 0 radical (unpaired) electrons. The Balaban J connectivity index is 0.000000108. The average Bonchev–Trinajstić information content (AvgIpc) is 1.13. The van der Waals surface area contributed by atoms with Crippen LogP contribution in [-0.4, -0.2) is 200 Å². The predicted octanol–water partition coefficient (Wildman–Crippen LogP) is 13.5. The zero-order valence-electron chi connectivity index (χ0n) is 60.7.